The molecule has 0 saturated heterocycles. The molecular formula is C18H23NO3. The first-order valence-electron chi connectivity index (χ1n) is 7.44. The maximum absolute atomic E-state index is 11.1. The lowest BCUT2D eigenvalue weighted by Crippen LogP contribution is -2.28. The number of benzene rings is 2. The van der Waals surface area contributed by atoms with Crippen LogP contribution in [0.1, 0.15) is 25.8 Å². The zero-order valence-corrected chi connectivity index (χ0v) is 13.3. The molecule has 0 radical (unpaired) electrons. The van der Waals surface area contributed by atoms with E-state index >= 15 is 0 Å². The number of carbonyl (C=O) groups is 1. The molecule has 2 aromatic carbocycles. The van der Waals surface area contributed by atoms with Crippen molar-refractivity contribution in [1.82, 2.24) is 5.32 Å². The van der Waals surface area contributed by atoms with E-state index in [0.717, 1.165) is 22.1 Å². The zero-order chi connectivity index (χ0) is 16.2. The number of aliphatic carboxylic acids is 1. The number of hydrogen-bond donors (Lipinski definition) is 2. The molecule has 22 heavy (non-hydrogen) atoms. The molecule has 4 nitrogen and oxygen atoms in total. The summed E-state index contributed by atoms with van der Waals surface area (Å²) in [6.45, 7) is 4.84. The van der Waals surface area contributed by atoms with Gasteiger partial charge in [0.2, 0.25) is 0 Å². The minimum atomic E-state index is -0.762. The fraction of sp³-hybridized carbons (Fsp3) is 0.389. The SMILES string of the molecule is COc1cc(CNCCC(C)(C)C(=O)O)cc2ccccc12. The van der Waals surface area contributed by atoms with Crippen LogP contribution in [0.15, 0.2) is 36.4 Å². The van der Waals surface area contributed by atoms with E-state index in [1.165, 1.54) is 0 Å². The molecule has 0 saturated carbocycles. The molecule has 0 aliphatic carbocycles. The number of fused-ring (bicyclic) bond motifs is 1. The molecule has 2 N–H and O–H groups in total. The van der Waals surface area contributed by atoms with Gasteiger partial charge in [-0.05, 0) is 49.9 Å². The minimum Gasteiger partial charge on any atom is -0.496 e. The Kier molecular flexibility index (Phi) is 5.03. The highest BCUT2D eigenvalue weighted by molar-refractivity contribution is 5.89. The van der Waals surface area contributed by atoms with E-state index in [-0.39, 0.29) is 0 Å². The van der Waals surface area contributed by atoms with Crippen LogP contribution in [0, 0.1) is 5.41 Å². The third-order valence-electron chi connectivity index (χ3n) is 3.94. The standard InChI is InChI=1S/C18H23NO3/c1-18(2,17(20)21)8-9-19-12-13-10-14-6-4-5-7-15(14)16(11-13)22-3/h4-7,10-11,19H,8-9,12H2,1-3H3,(H,20,21). The number of methoxy groups -OCH3 is 1. The Labute approximate surface area is 131 Å². The van der Waals surface area contributed by atoms with Gasteiger partial charge < -0.3 is 15.2 Å². The Morgan fingerprint density at radius 3 is 2.68 bits per heavy atom. The first-order valence-corrected chi connectivity index (χ1v) is 7.44. The number of nitrogens with one attached hydrogen (secondary N) is 1. The van der Waals surface area contributed by atoms with Gasteiger partial charge in [0.05, 0.1) is 12.5 Å². The van der Waals surface area contributed by atoms with Crippen LogP contribution < -0.4 is 10.1 Å². The number of rotatable bonds is 7. The summed E-state index contributed by atoms with van der Waals surface area (Å²) in [4.78, 5) is 11.1. The molecule has 4 heteroatoms. The van der Waals surface area contributed by atoms with Crippen molar-refractivity contribution < 1.29 is 14.6 Å². The maximum atomic E-state index is 11.1. The average molecular weight is 301 g/mol. The Morgan fingerprint density at radius 2 is 2.00 bits per heavy atom. The quantitative estimate of drug-likeness (QED) is 0.769. The second-order valence-corrected chi connectivity index (χ2v) is 6.14. The monoisotopic (exact) mass is 301 g/mol. The predicted octanol–water partition coefficient (Wildman–Crippen LogP) is 3.44. The third kappa shape index (κ3) is 3.77. The Hall–Kier alpha value is -2.07. The normalized spacial score (nSPS) is 11.6. The smallest absolute Gasteiger partial charge is 0.309 e. The van der Waals surface area contributed by atoms with Crippen LogP contribution in [0.4, 0.5) is 0 Å². The van der Waals surface area contributed by atoms with E-state index < -0.39 is 11.4 Å². The summed E-state index contributed by atoms with van der Waals surface area (Å²) >= 11 is 0. The molecule has 0 fully saturated rings. The van der Waals surface area contributed by atoms with Crippen molar-refractivity contribution >= 4 is 16.7 Å². The van der Waals surface area contributed by atoms with Gasteiger partial charge >= 0.3 is 5.97 Å². The van der Waals surface area contributed by atoms with Gasteiger partial charge in [0.15, 0.2) is 0 Å². The van der Waals surface area contributed by atoms with Gasteiger partial charge in [-0.25, -0.2) is 0 Å². The van der Waals surface area contributed by atoms with Crippen LogP contribution in [-0.2, 0) is 11.3 Å². The fourth-order valence-corrected chi connectivity index (χ4v) is 2.35. The lowest BCUT2D eigenvalue weighted by Gasteiger charge is -2.19. The number of ether oxygens (including phenoxy) is 1. The summed E-state index contributed by atoms with van der Waals surface area (Å²) in [5.74, 6) is 0.0995. The molecule has 0 bridgehead atoms. The molecule has 0 aliphatic heterocycles. The molecular weight excluding hydrogens is 278 g/mol. The summed E-state index contributed by atoms with van der Waals surface area (Å²) in [7, 11) is 1.67. The van der Waals surface area contributed by atoms with Crippen molar-refractivity contribution in [3.63, 3.8) is 0 Å². The highest BCUT2D eigenvalue weighted by Gasteiger charge is 2.26. The van der Waals surface area contributed by atoms with Crippen LogP contribution in [0.3, 0.4) is 0 Å². The zero-order valence-electron chi connectivity index (χ0n) is 13.3. The van der Waals surface area contributed by atoms with E-state index in [9.17, 15) is 4.79 Å². The molecule has 0 heterocycles. The third-order valence-corrected chi connectivity index (χ3v) is 3.94. The Bertz CT molecular complexity index is 664. The molecule has 0 aliphatic rings. The van der Waals surface area contributed by atoms with Crippen molar-refractivity contribution in [3.8, 4) is 5.75 Å². The van der Waals surface area contributed by atoms with Gasteiger partial charge in [-0.3, -0.25) is 4.79 Å². The van der Waals surface area contributed by atoms with E-state index in [1.807, 2.05) is 24.3 Å². The van der Waals surface area contributed by atoms with Gasteiger partial charge in [0, 0.05) is 11.9 Å². The lowest BCUT2D eigenvalue weighted by molar-refractivity contribution is -0.147. The second kappa shape index (κ2) is 6.79. The van der Waals surface area contributed by atoms with Crippen molar-refractivity contribution in [2.75, 3.05) is 13.7 Å². The largest absolute Gasteiger partial charge is 0.496 e. The van der Waals surface area contributed by atoms with Crippen LogP contribution in [0.5, 0.6) is 5.75 Å². The van der Waals surface area contributed by atoms with Gasteiger partial charge in [-0.2, -0.15) is 0 Å². The van der Waals surface area contributed by atoms with Crippen molar-refractivity contribution in [1.29, 1.82) is 0 Å². The molecule has 118 valence electrons. The molecule has 0 amide bonds. The molecule has 0 unspecified atom stereocenters. The van der Waals surface area contributed by atoms with Gasteiger partial charge in [0.1, 0.15) is 5.75 Å². The Balaban J connectivity index is 2.02. The van der Waals surface area contributed by atoms with E-state index in [0.29, 0.717) is 19.5 Å². The topological polar surface area (TPSA) is 58.6 Å². The van der Waals surface area contributed by atoms with Crippen LogP contribution in [0.25, 0.3) is 10.8 Å². The number of hydrogen-bond acceptors (Lipinski definition) is 3. The van der Waals surface area contributed by atoms with Crippen LogP contribution >= 0.6 is 0 Å². The highest BCUT2D eigenvalue weighted by Crippen LogP contribution is 2.27. The minimum absolute atomic E-state index is 0.590. The maximum Gasteiger partial charge on any atom is 0.309 e. The number of carboxylic acid groups (broad SMARTS) is 1. The summed E-state index contributed by atoms with van der Waals surface area (Å²) in [6, 6.07) is 12.3. The highest BCUT2D eigenvalue weighted by atomic mass is 16.5. The number of carboxylic acids is 1. The lowest BCUT2D eigenvalue weighted by atomic mass is 9.90. The molecule has 2 rings (SSSR count). The first kappa shape index (κ1) is 16.3. The molecule has 0 aromatic heterocycles. The molecule has 2 aromatic rings. The van der Waals surface area contributed by atoms with E-state index in [1.54, 1.807) is 21.0 Å². The summed E-state index contributed by atoms with van der Waals surface area (Å²) in [5, 5.41) is 14.7. The predicted molar refractivity (Wildman–Crippen MR) is 88.2 cm³/mol. The van der Waals surface area contributed by atoms with E-state index in [2.05, 4.69) is 17.4 Å². The average Bonchev–Trinajstić information content (AvgIpc) is 2.50. The van der Waals surface area contributed by atoms with Gasteiger partial charge in [-0.1, -0.05) is 24.3 Å². The van der Waals surface area contributed by atoms with Gasteiger partial charge in [0.25, 0.3) is 0 Å². The Morgan fingerprint density at radius 1 is 1.27 bits per heavy atom. The van der Waals surface area contributed by atoms with Crippen molar-refractivity contribution in [2.24, 2.45) is 5.41 Å². The van der Waals surface area contributed by atoms with Crippen molar-refractivity contribution in [2.45, 2.75) is 26.8 Å². The van der Waals surface area contributed by atoms with Crippen LogP contribution in [-0.4, -0.2) is 24.7 Å². The van der Waals surface area contributed by atoms with E-state index in [4.69, 9.17) is 9.84 Å². The van der Waals surface area contributed by atoms with Gasteiger partial charge in [-0.15, -0.1) is 0 Å². The molecule has 0 atom stereocenters. The van der Waals surface area contributed by atoms with Crippen molar-refractivity contribution in [3.05, 3.63) is 42.0 Å². The van der Waals surface area contributed by atoms with Crippen LogP contribution in [0.2, 0.25) is 0 Å². The molecule has 0 spiro atoms. The fourth-order valence-electron chi connectivity index (χ4n) is 2.35. The summed E-state index contributed by atoms with van der Waals surface area (Å²) in [5.41, 5.74) is 0.428. The second-order valence-electron chi connectivity index (χ2n) is 6.14. The summed E-state index contributed by atoms with van der Waals surface area (Å²) < 4.78 is 5.45. The summed E-state index contributed by atoms with van der Waals surface area (Å²) in [6.07, 6.45) is 0.590. The first-order chi connectivity index (χ1) is 10.4.